The average Bonchev–Trinajstić information content (AvgIpc) is 3.08. The Morgan fingerprint density at radius 3 is 2.86 bits per heavy atom. The quantitative estimate of drug-likeness (QED) is 0.895. The van der Waals surface area contributed by atoms with Crippen LogP contribution in [0.15, 0.2) is 29.8 Å². The molecule has 1 amide bonds. The molecule has 0 aliphatic carbocycles. The molecule has 0 atom stereocenters. The van der Waals surface area contributed by atoms with Crippen LogP contribution in [-0.2, 0) is 19.5 Å². The molecule has 2 heterocycles. The Hall–Kier alpha value is -1.14. The van der Waals surface area contributed by atoms with E-state index in [4.69, 9.17) is 0 Å². The minimum absolute atomic E-state index is 0. The highest BCUT2D eigenvalue weighted by Crippen LogP contribution is 2.16. The van der Waals surface area contributed by atoms with Crippen molar-refractivity contribution in [2.24, 2.45) is 0 Å². The second-order valence-corrected chi connectivity index (χ2v) is 5.50. The maximum absolute atomic E-state index is 12.0. The standard InChI is InChI=1S/C14H15N3OS.2ClH/c18-14(17-4-3-13-16-5-6-19-13)10-1-2-11-8-15-9-12(11)7-10;;/h1-2,5-7,15H,3-4,8-9H2,(H,17,18);2*1H. The highest BCUT2D eigenvalue weighted by atomic mass is 35.5. The van der Waals surface area contributed by atoms with Gasteiger partial charge in [-0.05, 0) is 23.3 Å². The predicted octanol–water partition coefficient (Wildman–Crippen LogP) is 2.56. The number of nitrogens with zero attached hydrogens (tertiary/aromatic N) is 1. The SMILES string of the molecule is Cl.Cl.O=C(NCCc1nccs1)c1ccc2c(c1)CNC2. The highest BCUT2D eigenvalue weighted by Gasteiger charge is 2.13. The van der Waals surface area contributed by atoms with Crippen molar-refractivity contribution < 1.29 is 4.79 Å². The smallest absolute Gasteiger partial charge is 0.251 e. The second-order valence-electron chi connectivity index (χ2n) is 4.52. The van der Waals surface area contributed by atoms with Crippen molar-refractivity contribution in [3.05, 3.63) is 51.5 Å². The Bertz CT molecular complexity index is 590. The number of benzene rings is 1. The number of carbonyl (C=O) groups is 1. The first-order valence-corrected chi connectivity index (χ1v) is 7.20. The molecule has 3 rings (SSSR count). The topological polar surface area (TPSA) is 54.0 Å². The number of thiazole rings is 1. The van der Waals surface area contributed by atoms with Gasteiger partial charge in [-0.3, -0.25) is 4.79 Å². The number of rotatable bonds is 4. The largest absolute Gasteiger partial charge is 0.352 e. The van der Waals surface area contributed by atoms with E-state index in [2.05, 4.69) is 15.6 Å². The number of hydrogen-bond acceptors (Lipinski definition) is 4. The molecular weight excluding hydrogens is 329 g/mol. The number of carbonyl (C=O) groups excluding carboxylic acids is 1. The molecule has 4 nitrogen and oxygen atoms in total. The highest BCUT2D eigenvalue weighted by molar-refractivity contribution is 7.09. The van der Waals surface area contributed by atoms with E-state index in [9.17, 15) is 4.79 Å². The number of hydrogen-bond donors (Lipinski definition) is 2. The first kappa shape index (κ1) is 17.9. The van der Waals surface area contributed by atoms with Crippen LogP contribution < -0.4 is 10.6 Å². The van der Waals surface area contributed by atoms with Gasteiger partial charge in [-0.2, -0.15) is 0 Å². The summed E-state index contributed by atoms with van der Waals surface area (Å²) in [6, 6.07) is 5.91. The van der Waals surface area contributed by atoms with Crippen molar-refractivity contribution in [3.8, 4) is 0 Å². The molecule has 0 spiro atoms. The van der Waals surface area contributed by atoms with Gasteiger partial charge in [-0.25, -0.2) is 4.98 Å². The van der Waals surface area contributed by atoms with Crippen molar-refractivity contribution in [1.82, 2.24) is 15.6 Å². The van der Waals surface area contributed by atoms with Crippen LogP contribution in [-0.4, -0.2) is 17.4 Å². The lowest BCUT2D eigenvalue weighted by atomic mass is 10.1. The lowest BCUT2D eigenvalue weighted by molar-refractivity contribution is 0.0954. The molecule has 21 heavy (non-hydrogen) atoms. The zero-order valence-electron chi connectivity index (χ0n) is 11.3. The van der Waals surface area contributed by atoms with Gasteiger partial charge in [-0.1, -0.05) is 6.07 Å². The lowest BCUT2D eigenvalue weighted by Crippen LogP contribution is -2.25. The predicted molar refractivity (Wildman–Crippen MR) is 89.6 cm³/mol. The monoisotopic (exact) mass is 345 g/mol. The molecule has 1 aromatic heterocycles. The third-order valence-corrected chi connectivity index (χ3v) is 4.05. The van der Waals surface area contributed by atoms with Crippen LogP contribution in [0.25, 0.3) is 0 Å². The van der Waals surface area contributed by atoms with Gasteiger partial charge in [0, 0.05) is 43.2 Å². The van der Waals surface area contributed by atoms with E-state index in [1.54, 1.807) is 17.5 Å². The third-order valence-electron chi connectivity index (χ3n) is 3.21. The van der Waals surface area contributed by atoms with E-state index in [0.29, 0.717) is 6.54 Å². The second kappa shape index (κ2) is 8.34. The van der Waals surface area contributed by atoms with Crippen molar-refractivity contribution >= 4 is 42.1 Å². The molecule has 1 aromatic carbocycles. The Morgan fingerprint density at radius 1 is 1.29 bits per heavy atom. The van der Waals surface area contributed by atoms with Crippen molar-refractivity contribution in [2.75, 3.05) is 6.54 Å². The summed E-state index contributed by atoms with van der Waals surface area (Å²) in [6.07, 6.45) is 2.57. The van der Waals surface area contributed by atoms with Gasteiger partial charge in [0.2, 0.25) is 0 Å². The van der Waals surface area contributed by atoms with Gasteiger partial charge in [0.1, 0.15) is 0 Å². The van der Waals surface area contributed by atoms with Crippen LogP contribution in [0.5, 0.6) is 0 Å². The number of fused-ring (bicyclic) bond motifs is 1. The normalized spacial score (nSPS) is 12.0. The zero-order valence-corrected chi connectivity index (χ0v) is 13.7. The molecule has 0 unspecified atom stereocenters. The van der Waals surface area contributed by atoms with Crippen molar-refractivity contribution in [2.45, 2.75) is 19.5 Å². The minimum atomic E-state index is -0.00810. The van der Waals surface area contributed by atoms with Crippen LogP contribution in [0.3, 0.4) is 0 Å². The summed E-state index contributed by atoms with van der Waals surface area (Å²) >= 11 is 1.62. The van der Waals surface area contributed by atoms with E-state index in [-0.39, 0.29) is 30.7 Å². The average molecular weight is 346 g/mol. The molecule has 1 aliphatic heterocycles. The Labute approximate surface area is 140 Å². The van der Waals surface area contributed by atoms with Crippen LogP contribution >= 0.6 is 36.2 Å². The summed E-state index contributed by atoms with van der Waals surface area (Å²) in [5.74, 6) is -0.00810. The minimum Gasteiger partial charge on any atom is -0.352 e. The number of halogens is 2. The number of nitrogens with one attached hydrogen (secondary N) is 2. The van der Waals surface area contributed by atoms with E-state index >= 15 is 0 Å². The van der Waals surface area contributed by atoms with Gasteiger partial charge in [0.25, 0.3) is 5.91 Å². The first-order valence-electron chi connectivity index (χ1n) is 6.32. The maximum atomic E-state index is 12.0. The van der Waals surface area contributed by atoms with Crippen molar-refractivity contribution in [3.63, 3.8) is 0 Å². The van der Waals surface area contributed by atoms with E-state index in [1.165, 1.54) is 11.1 Å². The fraction of sp³-hybridized carbons (Fsp3) is 0.286. The maximum Gasteiger partial charge on any atom is 0.251 e. The fourth-order valence-corrected chi connectivity index (χ4v) is 2.82. The van der Waals surface area contributed by atoms with Gasteiger partial charge in [0.15, 0.2) is 0 Å². The van der Waals surface area contributed by atoms with Gasteiger partial charge in [-0.15, -0.1) is 36.2 Å². The van der Waals surface area contributed by atoms with Crippen LogP contribution in [0.1, 0.15) is 26.5 Å². The lowest BCUT2D eigenvalue weighted by Gasteiger charge is -2.06. The number of aromatic nitrogens is 1. The third kappa shape index (κ3) is 4.41. The van der Waals surface area contributed by atoms with E-state index in [1.807, 2.05) is 23.6 Å². The molecular formula is C14H17Cl2N3OS. The van der Waals surface area contributed by atoms with E-state index < -0.39 is 0 Å². The fourth-order valence-electron chi connectivity index (χ4n) is 2.20. The first-order chi connectivity index (χ1) is 9.33. The Kier molecular flexibility index (Phi) is 7.11. The molecule has 2 N–H and O–H groups in total. The van der Waals surface area contributed by atoms with Crippen LogP contribution in [0.2, 0.25) is 0 Å². The molecule has 1 aliphatic rings. The molecule has 0 bridgehead atoms. The Balaban J connectivity index is 0.00000110. The van der Waals surface area contributed by atoms with Gasteiger partial charge in [0.05, 0.1) is 5.01 Å². The summed E-state index contributed by atoms with van der Waals surface area (Å²) in [5.41, 5.74) is 3.26. The molecule has 0 radical (unpaired) electrons. The van der Waals surface area contributed by atoms with Crippen LogP contribution in [0.4, 0.5) is 0 Å². The number of amides is 1. The molecule has 0 saturated heterocycles. The van der Waals surface area contributed by atoms with Crippen LogP contribution in [0, 0.1) is 0 Å². The molecule has 0 saturated carbocycles. The summed E-state index contributed by atoms with van der Waals surface area (Å²) in [5, 5.41) is 9.22. The molecule has 2 aromatic rings. The summed E-state index contributed by atoms with van der Waals surface area (Å²) in [4.78, 5) is 16.2. The molecule has 0 fully saturated rings. The van der Waals surface area contributed by atoms with Gasteiger partial charge < -0.3 is 10.6 Å². The summed E-state index contributed by atoms with van der Waals surface area (Å²) < 4.78 is 0. The Morgan fingerprint density at radius 2 is 2.10 bits per heavy atom. The summed E-state index contributed by atoms with van der Waals surface area (Å²) in [7, 11) is 0. The van der Waals surface area contributed by atoms with Crippen molar-refractivity contribution in [1.29, 1.82) is 0 Å². The summed E-state index contributed by atoms with van der Waals surface area (Å²) in [6.45, 7) is 2.39. The van der Waals surface area contributed by atoms with Gasteiger partial charge >= 0.3 is 0 Å². The zero-order chi connectivity index (χ0) is 13.1. The molecule has 114 valence electrons. The molecule has 7 heteroatoms. The van der Waals surface area contributed by atoms with E-state index in [0.717, 1.165) is 30.1 Å².